The zero-order chi connectivity index (χ0) is 16.1. The Morgan fingerprint density at radius 2 is 1.87 bits per heavy atom. The Bertz CT molecular complexity index is 790. The molecule has 0 unspecified atom stereocenters. The van der Waals surface area contributed by atoms with Crippen LogP contribution in [0.4, 0.5) is 17.5 Å². The smallest absolute Gasteiger partial charge is 0.229 e. The normalized spacial score (nSPS) is 10.3. The lowest BCUT2D eigenvalue weighted by atomic mass is 10.2. The SMILES string of the molecule is Cc1ccc(Cl)cc1Nc1nccc(NCc2ccccc2)n1. The maximum absolute atomic E-state index is 6.04. The van der Waals surface area contributed by atoms with Crippen LogP contribution in [0.3, 0.4) is 0 Å². The largest absolute Gasteiger partial charge is 0.366 e. The Morgan fingerprint density at radius 1 is 1.04 bits per heavy atom. The first-order valence-electron chi connectivity index (χ1n) is 7.35. The van der Waals surface area contributed by atoms with E-state index in [0.29, 0.717) is 17.5 Å². The summed E-state index contributed by atoms with van der Waals surface area (Å²) in [5, 5.41) is 7.18. The number of anilines is 3. The molecule has 5 heteroatoms. The molecule has 0 saturated carbocycles. The fraction of sp³-hybridized carbons (Fsp3) is 0.111. The molecule has 4 nitrogen and oxygen atoms in total. The minimum atomic E-state index is 0.536. The van der Waals surface area contributed by atoms with Crippen molar-refractivity contribution in [2.45, 2.75) is 13.5 Å². The van der Waals surface area contributed by atoms with Gasteiger partial charge in [0, 0.05) is 23.5 Å². The van der Waals surface area contributed by atoms with Crippen molar-refractivity contribution in [1.29, 1.82) is 0 Å². The lowest BCUT2D eigenvalue weighted by Crippen LogP contribution is -2.04. The highest BCUT2D eigenvalue weighted by Gasteiger charge is 2.03. The van der Waals surface area contributed by atoms with E-state index in [9.17, 15) is 0 Å². The monoisotopic (exact) mass is 324 g/mol. The summed E-state index contributed by atoms with van der Waals surface area (Å²) in [7, 11) is 0. The van der Waals surface area contributed by atoms with E-state index in [2.05, 4.69) is 32.7 Å². The van der Waals surface area contributed by atoms with Crippen molar-refractivity contribution in [3.63, 3.8) is 0 Å². The highest BCUT2D eigenvalue weighted by atomic mass is 35.5. The first-order valence-corrected chi connectivity index (χ1v) is 7.72. The van der Waals surface area contributed by atoms with Crippen molar-refractivity contribution in [3.8, 4) is 0 Å². The van der Waals surface area contributed by atoms with Gasteiger partial charge >= 0.3 is 0 Å². The van der Waals surface area contributed by atoms with Gasteiger partial charge in [0.1, 0.15) is 5.82 Å². The van der Waals surface area contributed by atoms with E-state index in [1.165, 1.54) is 5.56 Å². The number of hydrogen-bond donors (Lipinski definition) is 2. The van der Waals surface area contributed by atoms with E-state index in [1.54, 1.807) is 6.20 Å². The molecule has 0 spiro atoms. The van der Waals surface area contributed by atoms with Crippen LogP contribution in [0.15, 0.2) is 60.8 Å². The molecule has 1 heterocycles. The van der Waals surface area contributed by atoms with Crippen LogP contribution in [0.1, 0.15) is 11.1 Å². The highest BCUT2D eigenvalue weighted by Crippen LogP contribution is 2.23. The summed E-state index contributed by atoms with van der Waals surface area (Å²) in [6.07, 6.45) is 1.72. The van der Waals surface area contributed by atoms with Gasteiger partial charge in [-0.15, -0.1) is 0 Å². The quantitative estimate of drug-likeness (QED) is 0.708. The molecule has 0 amide bonds. The van der Waals surface area contributed by atoms with E-state index in [4.69, 9.17) is 11.6 Å². The minimum absolute atomic E-state index is 0.536. The third-order valence-corrected chi connectivity index (χ3v) is 3.65. The van der Waals surface area contributed by atoms with Gasteiger partial charge in [-0.05, 0) is 36.2 Å². The molecule has 3 aromatic rings. The Hall–Kier alpha value is -2.59. The van der Waals surface area contributed by atoms with Gasteiger partial charge in [-0.2, -0.15) is 4.98 Å². The van der Waals surface area contributed by atoms with Gasteiger partial charge < -0.3 is 10.6 Å². The molecule has 0 fully saturated rings. The number of aromatic nitrogens is 2. The second-order valence-electron chi connectivity index (χ2n) is 5.19. The average molecular weight is 325 g/mol. The molecule has 0 aliphatic carbocycles. The lowest BCUT2D eigenvalue weighted by Gasteiger charge is -2.10. The molecule has 1 aromatic heterocycles. The molecule has 0 aliphatic rings. The Morgan fingerprint density at radius 3 is 2.70 bits per heavy atom. The number of benzene rings is 2. The van der Waals surface area contributed by atoms with Gasteiger partial charge in [-0.3, -0.25) is 0 Å². The van der Waals surface area contributed by atoms with Crippen LogP contribution in [0, 0.1) is 6.92 Å². The van der Waals surface area contributed by atoms with Crippen molar-refractivity contribution in [1.82, 2.24) is 9.97 Å². The Kier molecular flexibility index (Phi) is 4.74. The predicted octanol–water partition coefficient (Wildman–Crippen LogP) is 4.79. The number of nitrogens with zero attached hydrogens (tertiary/aromatic N) is 2. The number of aryl methyl sites for hydroxylation is 1. The summed E-state index contributed by atoms with van der Waals surface area (Å²) in [5.41, 5.74) is 3.18. The van der Waals surface area contributed by atoms with Gasteiger partial charge in [0.25, 0.3) is 0 Å². The maximum Gasteiger partial charge on any atom is 0.229 e. The van der Waals surface area contributed by atoms with Crippen LogP contribution < -0.4 is 10.6 Å². The summed E-state index contributed by atoms with van der Waals surface area (Å²) >= 11 is 6.04. The van der Waals surface area contributed by atoms with Crippen LogP contribution in [-0.2, 0) is 6.54 Å². The van der Waals surface area contributed by atoms with Crippen LogP contribution in [0.25, 0.3) is 0 Å². The molecule has 2 aromatic carbocycles. The lowest BCUT2D eigenvalue weighted by molar-refractivity contribution is 1.08. The molecule has 0 saturated heterocycles. The predicted molar refractivity (Wildman–Crippen MR) is 95.3 cm³/mol. The molecular formula is C18H17ClN4. The third kappa shape index (κ3) is 4.20. The average Bonchev–Trinajstić information content (AvgIpc) is 2.58. The van der Waals surface area contributed by atoms with Crippen molar-refractivity contribution >= 4 is 29.1 Å². The summed E-state index contributed by atoms with van der Waals surface area (Å²) < 4.78 is 0. The standard InChI is InChI=1S/C18H17ClN4/c1-13-7-8-15(19)11-16(13)22-18-20-10-9-17(23-18)21-12-14-5-3-2-4-6-14/h2-11H,12H2,1H3,(H2,20,21,22,23). The van der Waals surface area contributed by atoms with Crippen LogP contribution >= 0.6 is 11.6 Å². The van der Waals surface area contributed by atoms with E-state index in [0.717, 1.165) is 17.1 Å². The molecule has 3 rings (SSSR count). The summed E-state index contributed by atoms with van der Waals surface area (Å²) in [4.78, 5) is 8.73. The van der Waals surface area contributed by atoms with Gasteiger partial charge in [-0.25, -0.2) is 4.98 Å². The molecule has 0 radical (unpaired) electrons. The van der Waals surface area contributed by atoms with E-state index < -0.39 is 0 Å². The van der Waals surface area contributed by atoms with Crippen LogP contribution in [0.2, 0.25) is 5.02 Å². The van der Waals surface area contributed by atoms with Gasteiger partial charge in [-0.1, -0.05) is 48.0 Å². The van der Waals surface area contributed by atoms with Crippen molar-refractivity contribution in [2.75, 3.05) is 10.6 Å². The molecule has 2 N–H and O–H groups in total. The van der Waals surface area contributed by atoms with E-state index >= 15 is 0 Å². The number of hydrogen-bond acceptors (Lipinski definition) is 4. The molecule has 23 heavy (non-hydrogen) atoms. The topological polar surface area (TPSA) is 49.8 Å². The van der Waals surface area contributed by atoms with Crippen molar-refractivity contribution in [2.24, 2.45) is 0 Å². The van der Waals surface area contributed by atoms with Crippen molar-refractivity contribution in [3.05, 3.63) is 76.9 Å². The van der Waals surface area contributed by atoms with Gasteiger partial charge in [0.15, 0.2) is 0 Å². The number of nitrogens with one attached hydrogen (secondary N) is 2. The van der Waals surface area contributed by atoms with Crippen LogP contribution in [0.5, 0.6) is 0 Å². The zero-order valence-corrected chi connectivity index (χ0v) is 13.5. The molecular weight excluding hydrogens is 308 g/mol. The Balaban J connectivity index is 1.71. The zero-order valence-electron chi connectivity index (χ0n) is 12.8. The molecule has 0 atom stereocenters. The number of halogens is 1. The molecule has 116 valence electrons. The summed E-state index contributed by atoms with van der Waals surface area (Å²) in [6.45, 7) is 2.73. The molecule has 0 bridgehead atoms. The number of rotatable bonds is 5. The fourth-order valence-corrected chi connectivity index (χ4v) is 2.33. The van der Waals surface area contributed by atoms with Crippen LogP contribution in [-0.4, -0.2) is 9.97 Å². The summed E-state index contributed by atoms with van der Waals surface area (Å²) in [6, 6.07) is 17.7. The Labute approximate surface area is 140 Å². The second-order valence-corrected chi connectivity index (χ2v) is 5.63. The first kappa shape index (κ1) is 15.3. The van der Waals surface area contributed by atoms with E-state index in [-0.39, 0.29) is 0 Å². The van der Waals surface area contributed by atoms with E-state index in [1.807, 2.05) is 49.4 Å². The second kappa shape index (κ2) is 7.11. The highest BCUT2D eigenvalue weighted by molar-refractivity contribution is 6.30. The summed E-state index contributed by atoms with van der Waals surface area (Å²) in [5.74, 6) is 1.31. The molecule has 0 aliphatic heterocycles. The van der Waals surface area contributed by atoms with Gasteiger partial charge in [0.2, 0.25) is 5.95 Å². The van der Waals surface area contributed by atoms with Crippen molar-refractivity contribution < 1.29 is 0 Å². The first-order chi connectivity index (χ1) is 11.2. The minimum Gasteiger partial charge on any atom is -0.366 e. The maximum atomic E-state index is 6.04. The third-order valence-electron chi connectivity index (χ3n) is 3.42. The fourth-order valence-electron chi connectivity index (χ4n) is 2.16. The van der Waals surface area contributed by atoms with Gasteiger partial charge in [0.05, 0.1) is 0 Å².